The van der Waals surface area contributed by atoms with Crippen LogP contribution in [0.2, 0.25) is 0 Å². The number of nitrogens with two attached hydrogens (primary N) is 1. The molecule has 1 amide bonds. The zero-order valence-electron chi connectivity index (χ0n) is 9.21. The molecule has 3 N–H and O–H groups in total. The minimum atomic E-state index is -0.532. The van der Waals surface area contributed by atoms with E-state index in [1.54, 1.807) is 11.8 Å². The van der Waals surface area contributed by atoms with Gasteiger partial charge in [-0.2, -0.15) is 0 Å². The van der Waals surface area contributed by atoms with E-state index < -0.39 is 5.54 Å². The molecular formula is C10H18N2OS2. The minimum absolute atomic E-state index is 0.0784. The minimum Gasteiger partial charge on any atom is -0.391 e. The summed E-state index contributed by atoms with van der Waals surface area (Å²) in [6.07, 6.45) is 2.82. The van der Waals surface area contributed by atoms with Crippen molar-refractivity contribution in [2.24, 2.45) is 5.73 Å². The fourth-order valence-electron chi connectivity index (χ4n) is 1.46. The van der Waals surface area contributed by atoms with Crippen molar-refractivity contribution in [1.82, 2.24) is 5.32 Å². The zero-order chi connectivity index (χ0) is 11.5. The molecule has 0 aromatic carbocycles. The fourth-order valence-corrected chi connectivity index (χ4v) is 2.82. The molecule has 1 aliphatic rings. The van der Waals surface area contributed by atoms with Crippen molar-refractivity contribution in [1.29, 1.82) is 0 Å². The van der Waals surface area contributed by atoms with Crippen LogP contribution in [0.15, 0.2) is 0 Å². The SMILES string of the molecule is CCC(C)(NC(=O)C1CCCS1)C(N)=S. The van der Waals surface area contributed by atoms with Gasteiger partial charge in [-0.15, -0.1) is 11.8 Å². The maximum absolute atomic E-state index is 11.9. The Bertz CT molecular complexity index is 264. The molecule has 0 radical (unpaired) electrons. The molecule has 0 aliphatic carbocycles. The van der Waals surface area contributed by atoms with Gasteiger partial charge >= 0.3 is 0 Å². The van der Waals surface area contributed by atoms with Gasteiger partial charge in [0.25, 0.3) is 0 Å². The lowest BCUT2D eigenvalue weighted by Crippen LogP contribution is -2.55. The normalized spacial score (nSPS) is 24.5. The zero-order valence-corrected chi connectivity index (χ0v) is 10.8. The van der Waals surface area contributed by atoms with E-state index in [1.165, 1.54) is 0 Å². The second-order valence-corrected chi connectivity index (χ2v) is 5.79. The second kappa shape index (κ2) is 5.16. The van der Waals surface area contributed by atoms with E-state index >= 15 is 0 Å². The third-order valence-corrected chi connectivity index (χ3v) is 4.70. The van der Waals surface area contributed by atoms with Crippen LogP contribution in [0.5, 0.6) is 0 Å². The Morgan fingerprint density at radius 1 is 1.73 bits per heavy atom. The Hall–Kier alpha value is -0.290. The van der Waals surface area contributed by atoms with Crippen molar-refractivity contribution < 1.29 is 4.79 Å². The van der Waals surface area contributed by atoms with Crippen LogP contribution in [0.3, 0.4) is 0 Å². The molecule has 2 unspecified atom stereocenters. The molecule has 0 saturated carbocycles. The van der Waals surface area contributed by atoms with Crippen molar-refractivity contribution >= 4 is 34.9 Å². The number of carbonyl (C=O) groups is 1. The quantitative estimate of drug-likeness (QED) is 0.737. The summed E-state index contributed by atoms with van der Waals surface area (Å²) in [5.41, 5.74) is 5.11. The first kappa shape index (κ1) is 12.8. The highest BCUT2D eigenvalue weighted by Crippen LogP contribution is 2.27. The van der Waals surface area contributed by atoms with Crippen molar-refractivity contribution in [3.63, 3.8) is 0 Å². The standard InChI is InChI=1S/C10H18N2OS2/c1-3-10(2,9(11)14)12-8(13)7-5-4-6-15-7/h7H,3-6H2,1-2H3,(H2,11,14)(H,12,13). The average molecular weight is 246 g/mol. The van der Waals surface area contributed by atoms with Gasteiger partial charge in [-0.3, -0.25) is 4.79 Å². The molecule has 5 heteroatoms. The molecule has 0 aromatic heterocycles. The van der Waals surface area contributed by atoms with Crippen molar-refractivity contribution in [3.8, 4) is 0 Å². The summed E-state index contributed by atoms with van der Waals surface area (Å²) in [7, 11) is 0. The smallest absolute Gasteiger partial charge is 0.233 e. The lowest BCUT2D eigenvalue weighted by Gasteiger charge is -2.29. The van der Waals surface area contributed by atoms with Crippen LogP contribution < -0.4 is 11.1 Å². The van der Waals surface area contributed by atoms with Gasteiger partial charge in [-0.1, -0.05) is 19.1 Å². The lowest BCUT2D eigenvalue weighted by atomic mass is 9.98. The maximum Gasteiger partial charge on any atom is 0.233 e. The summed E-state index contributed by atoms with van der Waals surface area (Å²) in [6, 6.07) is 0. The second-order valence-electron chi connectivity index (χ2n) is 4.04. The molecule has 3 nitrogen and oxygen atoms in total. The first-order valence-electron chi connectivity index (χ1n) is 5.23. The predicted octanol–water partition coefficient (Wildman–Crippen LogP) is 1.45. The van der Waals surface area contributed by atoms with E-state index in [2.05, 4.69) is 5.32 Å². The summed E-state index contributed by atoms with van der Waals surface area (Å²) < 4.78 is 0. The molecule has 2 atom stereocenters. The number of hydrogen-bond acceptors (Lipinski definition) is 3. The Labute approximate surface area is 101 Å². The van der Waals surface area contributed by atoms with E-state index in [9.17, 15) is 4.79 Å². The highest BCUT2D eigenvalue weighted by molar-refractivity contribution is 8.00. The first-order chi connectivity index (χ1) is 6.99. The van der Waals surface area contributed by atoms with E-state index in [1.807, 2.05) is 13.8 Å². The van der Waals surface area contributed by atoms with Gasteiger partial charge in [-0.25, -0.2) is 0 Å². The molecule has 0 aromatic rings. The van der Waals surface area contributed by atoms with E-state index in [4.69, 9.17) is 18.0 Å². The van der Waals surface area contributed by atoms with Crippen molar-refractivity contribution in [2.45, 2.75) is 43.9 Å². The number of carbonyl (C=O) groups excluding carboxylic acids is 1. The average Bonchev–Trinajstić information content (AvgIpc) is 2.70. The summed E-state index contributed by atoms with van der Waals surface area (Å²) >= 11 is 6.70. The van der Waals surface area contributed by atoms with Crippen LogP contribution >= 0.6 is 24.0 Å². The highest BCUT2D eigenvalue weighted by Gasteiger charge is 2.32. The van der Waals surface area contributed by atoms with E-state index in [-0.39, 0.29) is 11.2 Å². The molecule has 1 rings (SSSR count). The molecule has 1 fully saturated rings. The third kappa shape index (κ3) is 3.08. The molecule has 15 heavy (non-hydrogen) atoms. The molecule has 0 spiro atoms. The van der Waals surface area contributed by atoms with Gasteiger partial charge in [0, 0.05) is 0 Å². The van der Waals surface area contributed by atoms with Crippen LogP contribution in [-0.4, -0.2) is 27.4 Å². The van der Waals surface area contributed by atoms with Gasteiger partial charge in [-0.05, 0) is 31.9 Å². The highest BCUT2D eigenvalue weighted by atomic mass is 32.2. The number of nitrogens with one attached hydrogen (secondary N) is 1. The Balaban J connectivity index is 2.58. The summed E-state index contributed by atoms with van der Waals surface area (Å²) in [6.45, 7) is 3.86. The van der Waals surface area contributed by atoms with Crippen LogP contribution in [0.1, 0.15) is 33.1 Å². The Kier molecular flexibility index (Phi) is 4.40. The van der Waals surface area contributed by atoms with Crippen molar-refractivity contribution in [3.05, 3.63) is 0 Å². The molecular weight excluding hydrogens is 228 g/mol. The lowest BCUT2D eigenvalue weighted by molar-refractivity contribution is -0.121. The van der Waals surface area contributed by atoms with Crippen LogP contribution in [-0.2, 0) is 4.79 Å². The number of thiocarbonyl (C=S) groups is 1. The van der Waals surface area contributed by atoms with Crippen LogP contribution in [0, 0.1) is 0 Å². The van der Waals surface area contributed by atoms with Gasteiger partial charge < -0.3 is 11.1 Å². The fraction of sp³-hybridized carbons (Fsp3) is 0.800. The number of rotatable bonds is 4. The molecule has 1 heterocycles. The monoisotopic (exact) mass is 246 g/mol. The first-order valence-corrected chi connectivity index (χ1v) is 6.69. The third-order valence-electron chi connectivity index (χ3n) is 2.87. The van der Waals surface area contributed by atoms with E-state index in [0.29, 0.717) is 4.99 Å². The topological polar surface area (TPSA) is 55.1 Å². The predicted molar refractivity (Wildman–Crippen MR) is 69.1 cm³/mol. The number of thioether (sulfide) groups is 1. The number of hydrogen-bond donors (Lipinski definition) is 2. The summed E-state index contributed by atoms with van der Waals surface area (Å²) in [4.78, 5) is 12.2. The van der Waals surface area contributed by atoms with Gasteiger partial charge in [0.1, 0.15) is 0 Å². The van der Waals surface area contributed by atoms with Gasteiger partial charge in [0.15, 0.2) is 0 Å². The van der Waals surface area contributed by atoms with Crippen LogP contribution in [0.25, 0.3) is 0 Å². The summed E-state index contributed by atoms with van der Waals surface area (Å²) in [5.74, 6) is 1.16. The Morgan fingerprint density at radius 3 is 2.80 bits per heavy atom. The number of amides is 1. The Morgan fingerprint density at radius 2 is 2.40 bits per heavy atom. The van der Waals surface area contributed by atoms with Gasteiger partial charge in [0.2, 0.25) is 5.91 Å². The summed E-state index contributed by atoms with van der Waals surface area (Å²) in [5, 5.41) is 3.05. The molecule has 1 aliphatic heterocycles. The largest absolute Gasteiger partial charge is 0.391 e. The van der Waals surface area contributed by atoms with E-state index in [0.717, 1.165) is 25.0 Å². The van der Waals surface area contributed by atoms with Gasteiger partial charge in [0.05, 0.1) is 15.8 Å². The maximum atomic E-state index is 11.9. The van der Waals surface area contributed by atoms with Crippen molar-refractivity contribution in [2.75, 3.05) is 5.75 Å². The van der Waals surface area contributed by atoms with Crippen LogP contribution in [0.4, 0.5) is 0 Å². The molecule has 1 saturated heterocycles. The molecule has 0 bridgehead atoms. The molecule has 86 valence electrons.